The molecule has 5 rings (SSSR count). The van der Waals surface area contributed by atoms with E-state index in [1.165, 1.54) is 35.8 Å². The fourth-order valence-corrected chi connectivity index (χ4v) is 4.89. The van der Waals surface area contributed by atoms with E-state index < -0.39 is 18.4 Å². The van der Waals surface area contributed by atoms with E-state index in [1.54, 1.807) is 36.4 Å². The van der Waals surface area contributed by atoms with Crippen LogP contribution in [0.25, 0.3) is 26.8 Å². The molecule has 0 amide bonds. The molecule has 0 radical (unpaired) electrons. The largest absolute Gasteiger partial charge is 0.478 e. The van der Waals surface area contributed by atoms with E-state index in [4.69, 9.17) is 0 Å². The lowest BCUT2D eigenvalue weighted by molar-refractivity contribution is -0.130. The molecule has 12 heteroatoms. The average Bonchev–Trinajstić information content (AvgIpc) is 3.52. The monoisotopic (exact) mass is 524 g/mol. The number of allylic oxidation sites excluding steroid dienone is 1. The number of carboxylic acids is 1. The Morgan fingerprint density at radius 3 is 2.39 bits per heavy atom. The van der Waals surface area contributed by atoms with Gasteiger partial charge in [0.15, 0.2) is 5.78 Å². The molecule has 5 aromatic rings. The number of carboxylic acid groups (broad SMARTS) is 1. The molecule has 0 unspecified atom stereocenters. The highest BCUT2D eigenvalue weighted by molar-refractivity contribution is 7.12. The van der Waals surface area contributed by atoms with Crippen molar-refractivity contribution in [3.8, 4) is 5.75 Å². The third kappa shape index (κ3) is 4.81. The lowest BCUT2D eigenvalue weighted by atomic mass is 9.89. The number of fused-ring (bicyclic) bond motifs is 2. The first kappa shape index (κ1) is 23.6. The van der Waals surface area contributed by atoms with Crippen LogP contribution in [0.2, 0.25) is 0 Å². The predicted octanol–water partition coefficient (Wildman–Crippen LogP) is 5.26. The van der Waals surface area contributed by atoms with Crippen LogP contribution in [-0.4, -0.2) is 41.8 Å². The SMILES string of the molecule is O=C(O)C(=C(Cc1ccc2nnsc2c1)C(=O)c1ccc(OC(F)F)cc1)c1ccc2nsnc2c1. The maximum atomic E-state index is 13.7. The zero-order valence-electron chi connectivity index (χ0n) is 18.1. The maximum absolute atomic E-state index is 13.7. The topological polar surface area (TPSA) is 115 Å². The molecule has 2 aromatic heterocycles. The summed E-state index contributed by atoms with van der Waals surface area (Å²) in [6.07, 6.45) is -0.00303. The van der Waals surface area contributed by atoms with Crippen molar-refractivity contribution < 1.29 is 28.2 Å². The van der Waals surface area contributed by atoms with Gasteiger partial charge in [-0.25, -0.2) is 4.79 Å². The molecule has 0 fully saturated rings. The number of rotatable bonds is 8. The number of hydrogen-bond acceptors (Lipinski definition) is 9. The Labute approximate surface area is 210 Å². The van der Waals surface area contributed by atoms with Crippen LogP contribution in [0.1, 0.15) is 21.5 Å². The molecular weight excluding hydrogens is 510 g/mol. The molecule has 1 N–H and O–H groups in total. The number of aliphatic carboxylic acids is 1. The molecule has 0 aliphatic rings. The van der Waals surface area contributed by atoms with Gasteiger partial charge in [-0.1, -0.05) is 16.6 Å². The van der Waals surface area contributed by atoms with Crippen LogP contribution in [0, 0.1) is 0 Å². The predicted molar refractivity (Wildman–Crippen MR) is 130 cm³/mol. The standard InChI is InChI=1S/C24H14F2N4O4S2/c25-24(26)34-15-5-2-13(3-6-15)22(31)16(9-12-1-7-18-20(10-12)35-30-27-18)21(23(32)33)14-4-8-17-19(11-14)29-36-28-17/h1-8,10-11,24H,9H2,(H,32,33). The first-order valence-electron chi connectivity index (χ1n) is 10.4. The number of carbonyl (C=O) groups excluding carboxylic acids is 1. The highest BCUT2D eigenvalue weighted by Gasteiger charge is 2.25. The van der Waals surface area contributed by atoms with Gasteiger partial charge in [-0.05, 0) is 71.2 Å². The van der Waals surface area contributed by atoms with Gasteiger partial charge in [0.05, 0.1) is 22.0 Å². The fraction of sp³-hybridized carbons (Fsp3) is 0.0833. The van der Waals surface area contributed by atoms with Gasteiger partial charge in [-0.2, -0.15) is 17.5 Å². The van der Waals surface area contributed by atoms with Crippen molar-refractivity contribution in [3.05, 3.63) is 82.9 Å². The summed E-state index contributed by atoms with van der Waals surface area (Å²) in [6.45, 7) is -3.01. The molecule has 0 aliphatic heterocycles. The number of benzene rings is 3. The minimum Gasteiger partial charge on any atom is -0.478 e. The number of carbonyl (C=O) groups is 2. The molecule has 36 heavy (non-hydrogen) atoms. The van der Waals surface area contributed by atoms with E-state index in [2.05, 4.69) is 23.1 Å². The third-order valence-electron chi connectivity index (χ3n) is 5.37. The second-order valence-corrected chi connectivity index (χ2v) is 8.92. The first-order valence-corrected chi connectivity index (χ1v) is 11.9. The van der Waals surface area contributed by atoms with E-state index in [-0.39, 0.29) is 28.9 Å². The van der Waals surface area contributed by atoms with Gasteiger partial charge in [0.2, 0.25) is 0 Å². The van der Waals surface area contributed by atoms with E-state index in [9.17, 15) is 23.5 Å². The minimum atomic E-state index is -3.01. The lowest BCUT2D eigenvalue weighted by Gasteiger charge is -2.14. The van der Waals surface area contributed by atoms with Gasteiger partial charge in [0, 0.05) is 17.6 Å². The van der Waals surface area contributed by atoms with E-state index in [0.29, 0.717) is 27.7 Å². The van der Waals surface area contributed by atoms with Crippen LogP contribution in [-0.2, 0) is 11.2 Å². The second kappa shape index (κ2) is 9.84. The number of Topliss-reactive ketones (excluding diaryl/α,β-unsaturated/α-hetero) is 1. The second-order valence-electron chi connectivity index (χ2n) is 7.61. The Bertz CT molecular complexity index is 1630. The highest BCUT2D eigenvalue weighted by atomic mass is 32.1. The maximum Gasteiger partial charge on any atom is 0.387 e. The van der Waals surface area contributed by atoms with Crippen molar-refractivity contribution in [2.45, 2.75) is 13.0 Å². The summed E-state index contributed by atoms with van der Waals surface area (Å²) in [4.78, 5) is 26.2. The van der Waals surface area contributed by atoms with E-state index >= 15 is 0 Å². The Kier molecular flexibility index (Phi) is 6.44. The van der Waals surface area contributed by atoms with Crippen molar-refractivity contribution in [2.75, 3.05) is 0 Å². The van der Waals surface area contributed by atoms with Gasteiger partial charge in [-0.15, -0.1) is 5.10 Å². The zero-order chi connectivity index (χ0) is 25.2. The molecule has 0 spiro atoms. The highest BCUT2D eigenvalue weighted by Crippen LogP contribution is 2.29. The van der Waals surface area contributed by atoms with Crippen LogP contribution in [0.15, 0.2) is 66.2 Å². The van der Waals surface area contributed by atoms with Crippen LogP contribution in [0.3, 0.4) is 0 Å². The molecule has 0 saturated heterocycles. The Morgan fingerprint density at radius 1 is 0.917 bits per heavy atom. The summed E-state index contributed by atoms with van der Waals surface area (Å²) in [5.74, 6) is -1.97. The molecule has 0 bridgehead atoms. The number of ketones is 1. The molecule has 0 aliphatic carbocycles. The Hall–Kier alpha value is -4.16. The van der Waals surface area contributed by atoms with Gasteiger partial charge in [0.25, 0.3) is 0 Å². The third-order valence-corrected chi connectivity index (χ3v) is 6.61. The molecular formula is C24H14F2N4O4S2. The summed E-state index contributed by atoms with van der Waals surface area (Å²) in [6, 6.07) is 15.2. The van der Waals surface area contributed by atoms with Crippen LogP contribution < -0.4 is 4.74 Å². The van der Waals surface area contributed by atoms with Crippen molar-refractivity contribution in [1.82, 2.24) is 18.3 Å². The summed E-state index contributed by atoms with van der Waals surface area (Å²) >= 11 is 2.18. The van der Waals surface area contributed by atoms with Crippen LogP contribution in [0.5, 0.6) is 5.75 Å². The van der Waals surface area contributed by atoms with Gasteiger partial charge in [0.1, 0.15) is 22.3 Å². The van der Waals surface area contributed by atoms with Crippen molar-refractivity contribution >= 4 is 61.8 Å². The number of halogens is 2. The first-order chi connectivity index (χ1) is 17.4. The number of nitrogens with zero attached hydrogens (tertiary/aromatic N) is 4. The quantitative estimate of drug-likeness (QED) is 0.216. The van der Waals surface area contributed by atoms with Crippen LogP contribution >= 0.6 is 23.3 Å². The fourth-order valence-electron chi connectivity index (χ4n) is 3.75. The van der Waals surface area contributed by atoms with Crippen molar-refractivity contribution in [2.24, 2.45) is 0 Å². The van der Waals surface area contributed by atoms with E-state index in [1.807, 2.05) is 0 Å². The minimum absolute atomic E-state index is 0.00303. The molecule has 180 valence electrons. The van der Waals surface area contributed by atoms with Gasteiger partial charge < -0.3 is 9.84 Å². The molecule has 2 heterocycles. The Balaban J connectivity index is 1.64. The van der Waals surface area contributed by atoms with Crippen molar-refractivity contribution in [3.63, 3.8) is 0 Å². The molecule has 0 saturated carbocycles. The van der Waals surface area contributed by atoms with Crippen LogP contribution in [0.4, 0.5) is 8.78 Å². The van der Waals surface area contributed by atoms with Gasteiger partial charge >= 0.3 is 12.6 Å². The zero-order valence-corrected chi connectivity index (χ0v) is 19.7. The molecule has 0 atom stereocenters. The Morgan fingerprint density at radius 2 is 1.64 bits per heavy atom. The normalized spacial score (nSPS) is 12.2. The summed E-state index contributed by atoms with van der Waals surface area (Å²) in [7, 11) is 0. The summed E-state index contributed by atoms with van der Waals surface area (Å²) in [5, 5.41) is 14.2. The smallest absolute Gasteiger partial charge is 0.387 e. The lowest BCUT2D eigenvalue weighted by Crippen LogP contribution is -2.14. The van der Waals surface area contributed by atoms with Crippen molar-refractivity contribution in [1.29, 1.82) is 0 Å². The number of alkyl halides is 2. The molecule has 8 nitrogen and oxygen atoms in total. The number of ether oxygens (including phenoxy) is 1. The van der Waals surface area contributed by atoms with Gasteiger partial charge in [-0.3, -0.25) is 4.79 Å². The number of aromatic nitrogens is 4. The molecule has 3 aromatic carbocycles. The summed E-state index contributed by atoms with van der Waals surface area (Å²) < 4.78 is 42.4. The average molecular weight is 525 g/mol. The summed E-state index contributed by atoms with van der Waals surface area (Å²) in [5.41, 5.74) is 2.74. The number of hydrogen-bond donors (Lipinski definition) is 1. The van der Waals surface area contributed by atoms with E-state index in [0.717, 1.165) is 16.4 Å².